The highest BCUT2D eigenvalue weighted by Gasteiger charge is 2.30. The summed E-state index contributed by atoms with van der Waals surface area (Å²) in [6.45, 7) is 8.89. The van der Waals surface area contributed by atoms with Crippen molar-refractivity contribution in [2.45, 2.75) is 52.6 Å². The number of piperidine rings is 1. The van der Waals surface area contributed by atoms with Gasteiger partial charge in [0.1, 0.15) is 22.9 Å². The van der Waals surface area contributed by atoms with Crippen LogP contribution in [0.15, 0.2) is 30.5 Å². The third kappa shape index (κ3) is 5.26. The van der Waals surface area contributed by atoms with Gasteiger partial charge < -0.3 is 19.7 Å². The fraction of sp³-hybridized carbons (Fsp3) is 0.433. The van der Waals surface area contributed by atoms with Crippen LogP contribution < -0.4 is 5.32 Å². The minimum atomic E-state index is -0.658. The molecule has 0 atom stereocenters. The largest absolute Gasteiger partial charge is 0.338 e. The Balaban J connectivity index is 1.22. The number of nitrogens with one attached hydrogen (secondary N) is 1. The predicted octanol–water partition coefficient (Wildman–Crippen LogP) is 5.03. The van der Waals surface area contributed by atoms with Gasteiger partial charge in [0.2, 0.25) is 11.9 Å². The summed E-state index contributed by atoms with van der Waals surface area (Å²) >= 11 is 0. The molecule has 11 heteroatoms. The number of imidazole rings is 1. The number of likely N-dealkylation sites (tertiary alicyclic amines) is 1. The fourth-order valence-electron chi connectivity index (χ4n) is 5.99. The van der Waals surface area contributed by atoms with Gasteiger partial charge in [-0.25, -0.2) is 28.7 Å². The molecular weight excluding hydrogens is 526 g/mol. The van der Waals surface area contributed by atoms with Crippen molar-refractivity contribution in [3.63, 3.8) is 0 Å². The normalized spacial score (nSPS) is 16.4. The lowest BCUT2D eigenvalue weighted by Gasteiger charge is -2.34. The molecule has 0 saturated carbocycles. The Morgan fingerprint density at radius 1 is 1.05 bits per heavy atom. The van der Waals surface area contributed by atoms with Crippen LogP contribution in [0.5, 0.6) is 0 Å². The summed E-state index contributed by atoms with van der Waals surface area (Å²) < 4.78 is 31.9. The summed E-state index contributed by atoms with van der Waals surface area (Å²) in [5.41, 5.74) is 3.04. The lowest BCUT2D eigenvalue weighted by molar-refractivity contribution is -0.138. The van der Waals surface area contributed by atoms with Gasteiger partial charge in [0.15, 0.2) is 11.6 Å². The summed E-state index contributed by atoms with van der Waals surface area (Å²) in [6.07, 6.45) is 3.53. The number of benzene rings is 1. The van der Waals surface area contributed by atoms with E-state index in [1.807, 2.05) is 42.4 Å². The van der Waals surface area contributed by atoms with Crippen molar-refractivity contribution in [3.8, 4) is 11.3 Å². The molecule has 0 bridgehead atoms. The summed E-state index contributed by atoms with van der Waals surface area (Å²) in [4.78, 5) is 34.9. The molecule has 1 fully saturated rings. The first-order valence-corrected chi connectivity index (χ1v) is 14.1. The van der Waals surface area contributed by atoms with Crippen molar-refractivity contribution in [1.82, 2.24) is 34.3 Å². The molecule has 0 aliphatic carbocycles. The van der Waals surface area contributed by atoms with Crippen LogP contribution in [0.4, 0.5) is 20.5 Å². The zero-order valence-electron chi connectivity index (χ0n) is 23.8. The third-order valence-corrected chi connectivity index (χ3v) is 8.13. The number of amides is 1. The average Bonchev–Trinajstić information content (AvgIpc) is 3.30. The molecule has 1 amide bonds. The maximum atomic E-state index is 15.0. The Bertz CT molecular complexity index is 1630. The highest BCUT2D eigenvalue weighted by Crippen LogP contribution is 2.31. The molecule has 5 heterocycles. The van der Waals surface area contributed by atoms with Gasteiger partial charge in [0, 0.05) is 42.7 Å². The van der Waals surface area contributed by atoms with Crippen LogP contribution in [-0.4, -0.2) is 66.9 Å². The second-order valence-electron chi connectivity index (χ2n) is 11.4. The molecular formula is C30H34F2N8O. The number of nitrogens with zero attached hydrogens (tertiary/aromatic N) is 7. The zero-order valence-corrected chi connectivity index (χ0v) is 23.8. The maximum absolute atomic E-state index is 15.0. The van der Waals surface area contributed by atoms with Crippen LogP contribution >= 0.6 is 0 Å². The molecule has 9 nitrogen and oxygen atoms in total. The summed E-state index contributed by atoms with van der Waals surface area (Å²) in [7, 11) is 2.09. The first-order chi connectivity index (χ1) is 19.7. The number of carbonyl (C=O) groups is 1. The molecule has 1 N–H and O–H groups in total. The molecule has 0 unspecified atom stereocenters. The third-order valence-electron chi connectivity index (χ3n) is 8.13. The Kier molecular flexibility index (Phi) is 7.14. The summed E-state index contributed by atoms with van der Waals surface area (Å²) in [5.74, 6) is 0.491. The van der Waals surface area contributed by atoms with E-state index in [-0.39, 0.29) is 35.0 Å². The molecule has 6 rings (SSSR count). The lowest BCUT2D eigenvalue weighted by Crippen LogP contribution is -2.43. The highest BCUT2D eigenvalue weighted by molar-refractivity contribution is 5.83. The van der Waals surface area contributed by atoms with Gasteiger partial charge in [-0.1, -0.05) is 6.07 Å². The highest BCUT2D eigenvalue weighted by atomic mass is 19.1. The van der Waals surface area contributed by atoms with E-state index in [2.05, 4.69) is 32.2 Å². The molecule has 2 aliphatic heterocycles. The van der Waals surface area contributed by atoms with E-state index in [1.54, 1.807) is 6.07 Å². The van der Waals surface area contributed by atoms with Gasteiger partial charge >= 0.3 is 0 Å². The van der Waals surface area contributed by atoms with Gasteiger partial charge in [-0.15, -0.1) is 0 Å². The second-order valence-corrected chi connectivity index (χ2v) is 11.4. The van der Waals surface area contributed by atoms with Crippen molar-refractivity contribution in [2.24, 2.45) is 5.92 Å². The SMILES string of the molecule is Cc1nc2c(F)cc(-c3nc(Nc4ccc5c(n4)CCN(C(=O)C4CCN(C)CC4)C5)ncc3F)cc2n1C(C)C. The molecule has 0 radical (unpaired) electrons. The summed E-state index contributed by atoms with van der Waals surface area (Å²) in [5, 5.41) is 3.07. The second kappa shape index (κ2) is 10.8. The predicted molar refractivity (Wildman–Crippen MR) is 153 cm³/mol. The van der Waals surface area contributed by atoms with Gasteiger partial charge in [-0.3, -0.25) is 4.79 Å². The standard InChI is InChI=1S/C30H34F2N8O/c1-17(2)40-18(3)34-28-22(31)13-21(14-25(28)40)27-23(32)15-33-30(37-27)36-26-6-5-20-16-39(12-9-24(20)35-26)29(41)19-7-10-38(4)11-8-19/h5-6,13-15,17,19H,7-12,16H2,1-4H3,(H,33,35,36,37). The number of aromatic nitrogens is 5. The van der Waals surface area contributed by atoms with Crippen LogP contribution in [0.3, 0.4) is 0 Å². The van der Waals surface area contributed by atoms with Gasteiger partial charge in [-0.2, -0.15) is 0 Å². The molecule has 0 spiro atoms. The lowest BCUT2D eigenvalue weighted by atomic mass is 9.94. The molecule has 4 aromatic rings. The molecule has 1 saturated heterocycles. The van der Waals surface area contributed by atoms with Crippen LogP contribution in [0.2, 0.25) is 0 Å². The van der Waals surface area contributed by atoms with Crippen LogP contribution in [0.1, 0.15) is 49.8 Å². The van der Waals surface area contributed by atoms with Crippen molar-refractivity contribution in [3.05, 3.63) is 59.2 Å². The zero-order chi connectivity index (χ0) is 28.8. The monoisotopic (exact) mass is 560 g/mol. The number of hydrogen-bond donors (Lipinski definition) is 1. The molecule has 3 aromatic heterocycles. The first kappa shape index (κ1) is 27.2. The molecule has 1 aromatic carbocycles. The van der Waals surface area contributed by atoms with E-state index in [4.69, 9.17) is 4.98 Å². The smallest absolute Gasteiger partial charge is 0.229 e. The van der Waals surface area contributed by atoms with E-state index in [0.29, 0.717) is 42.2 Å². The van der Waals surface area contributed by atoms with Gasteiger partial charge in [-0.05, 0) is 77.5 Å². The quantitative estimate of drug-likeness (QED) is 0.366. The first-order valence-electron chi connectivity index (χ1n) is 14.1. The van der Waals surface area contributed by atoms with Crippen molar-refractivity contribution in [2.75, 3.05) is 32.0 Å². The van der Waals surface area contributed by atoms with Gasteiger partial charge in [0.05, 0.1) is 11.7 Å². The number of hydrogen-bond acceptors (Lipinski definition) is 7. The number of fused-ring (bicyclic) bond motifs is 2. The van der Waals surface area contributed by atoms with Crippen LogP contribution in [-0.2, 0) is 17.8 Å². The number of anilines is 2. The van der Waals surface area contributed by atoms with E-state index in [0.717, 1.165) is 43.4 Å². The Morgan fingerprint density at radius 2 is 1.83 bits per heavy atom. The van der Waals surface area contributed by atoms with Crippen LogP contribution in [0.25, 0.3) is 22.3 Å². The number of carbonyl (C=O) groups excluding carboxylic acids is 1. The Morgan fingerprint density at radius 3 is 2.59 bits per heavy atom. The van der Waals surface area contributed by atoms with E-state index in [1.165, 1.54) is 6.07 Å². The van der Waals surface area contributed by atoms with Crippen molar-refractivity contribution < 1.29 is 13.6 Å². The number of halogens is 2. The minimum absolute atomic E-state index is 0.0153. The fourth-order valence-corrected chi connectivity index (χ4v) is 5.99. The van der Waals surface area contributed by atoms with E-state index < -0.39 is 11.6 Å². The van der Waals surface area contributed by atoms with E-state index in [9.17, 15) is 9.18 Å². The topological polar surface area (TPSA) is 92.1 Å². The minimum Gasteiger partial charge on any atom is -0.338 e. The Hall–Kier alpha value is -3.99. The number of rotatable bonds is 5. The number of aryl methyl sites for hydroxylation is 1. The average molecular weight is 561 g/mol. The summed E-state index contributed by atoms with van der Waals surface area (Å²) in [6, 6.07) is 6.79. The molecule has 214 valence electrons. The molecule has 41 heavy (non-hydrogen) atoms. The van der Waals surface area contributed by atoms with E-state index >= 15 is 4.39 Å². The van der Waals surface area contributed by atoms with Crippen molar-refractivity contribution in [1.29, 1.82) is 0 Å². The van der Waals surface area contributed by atoms with Crippen molar-refractivity contribution >= 4 is 28.7 Å². The van der Waals surface area contributed by atoms with Gasteiger partial charge in [0.25, 0.3) is 0 Å². The van der Waals surface area contributed by atoms with Crippen LogP contribution in [0, 0.1) is 24.5 Å². The molecule has 2 aliphatic rings. The maximum Gasteiger partial charge on any atom is 0.229 e. The number of pyridine rings is 1. The Labute approximate surface area is 237 Å².